The third-order valence-electron chi connectivity index (χ3n) is 2.91. The number of aromatic nitrogens is 1. The number of aliphatic imine (C=N–C) groups is 1. The molecule has 0 fully saturated rings. The minimum atomic E-state index is -0.708. The number of isocyanates is 1. The van der Waals surface area contributed by atoms with Crippen LogP contribution >= 0.6 is 0 Å². The molecule has 0 saturated heterocycles. The van der Waals surface area contributed by atoms with Crippen molar-refractivity contribution in [2.24, 2.45) is 10.7 Å². The van der Waals surface area contributed by atoms with Gasteiger partial charge in [-0.1, -0.05) is 12.1 Å². The molecule has 2 rings (SSSR count). The van der Waals surface area contributed by atoms with Gasteiger partial charge in [0.2, 0.25) is 6.08 Å². The van der Waals surface area contributed by atoms with Crippen molar-refractivity contribution in [1.82, 2.24) is 4.57 Å². The monoisotopic (exact) mass is 287 g/mol. The fourth-order valence-electron chi connectivity index (χ4n) is 2.06. The van der Waals surface area contributed by atoms with E-state index in [0.29, 0.717) is 28.8 Å². The Balaban J connectivity index is 2.50. The van der Waals surface area contributed by atoms with Crippen molar-refractivity contribution in [2.75, 3.05) is 6.61 Å². The van der Waals surface area contributed by atoms with Crippen molar-refractivity contribution in [2.45, 2.75) is 13.3 Å². The summed E-state index contributed by atoms with van der Waals surface area (Å²) in [6, 6.07) is 4.30. The zero-order valence-electron chi connectivity index (χ0n) is 11.3. The molecular formula is C14H13N3O4. The number of nitrogens with zero attached hydrogens (tertiary/aromatic N) is 2. The first-order valence-electron chi connectivity index (χ1n) is 6.24. The Kier molecular flexibility index (Phi) is 4.15. The van der Waals surface area contributed by atoms with Crippen LogP contribution in [0.2, 0.25) is 0 Å². The van der Waals surface area contributed by atoms with Crippen LogP contribution in [0.4, 0.5) is 10.5 Å². The standard InChI is InChI=1S/C14H13N3O4/c1-2-21-13(19)6-9-3-4-10-11(16-8-18)7-17(14(15)20)12(10)5-9/h3-5,7H,2,6H2,1H3,(H2,15,20). The second-order valence-corrected chi connectivity index (χ2v) is 4.26. The first-order chi connectivity index (χ1) is 10.1. The second-order valence-electron chi connectivity index (χ2n) is 4.26. The SMILES string of the molecule is CCOC(=O)Cc1ccc2c(N=C=O)cn(C(N)=O)c2c1. The van der Waals surface area contributed by atoms with Crippen LogP contribution in [0.15, 0.2) is 29.4 Å². The van der Waals surface area contributed by atoms with Crippen LogP contribution in [0, 0.1) is 0 Å². The van der Waals surface area contributed by atoms with E-state index in [9.17, 15) is 14.4 Å². The summed E-state index contributed by atoms with van der Waals surface area (Å²) in [6.07, 6.45) is 2.86. The number of hydrogen-bond acceptors (Lipinski definition) is 5. The van der Waals surface area contributed by atoms with Crippen LogP contribution in [-0.2, 0) is 20.7 Å². The fraction of sp³-hybridized carbons (Fsp3) is 0.214. The molecule has 108 valence electrons. The maximum absolute atomic E-state index is 11.5. The number of benzene rings is 1. The number of carbonyl (C=O) groups excluding carboxylic acids is 3. The summed E-state index contributed by atoms with van der Waals surface area (Å²) in [5.41, 5.74) is 6.71. The predicted molar refractivity (Wildman–Crippen MR) is 75.0 cm³/mol. The van der Waals surface area contributed by atoms with E-state index >= 15 is 0 Å². The molecule has 0 radical (unpaired) electrons. The van der Waals surface area contributed by atoms with E-state index in [4.69, 9.17) is 10.5 Å². The second kappa shape index (κ2) is 6.02. The first-order valence-corrected chi connectivity index (χ1v) is 6.24. The Hall–Kier alpha value is -2.92. The highest BCUT2D eigenvalue weighted by atomic mass is 16.5. The number of fused-ring (bicyclic) bond motifs is 1. The number of rotatable bonds is 4. The molecule has 0 aliphatic rings. The van der Waals surface area contributed by atoms with E-state index < -0.39 is 6.03 Å². The van der Waals surface area contributed by atoms with Gasteiger partial charge in [-0.15, -0.1) is 0 Å². The molecule has 0 unspecified atom stereocenters. The number of nitrogens with two attached hydrogens (primary N) is 1. The minimum absolute atomic E-state index is 0.0833. The highest BCUT2D eigenvalue weighted by Gasteiger charge is 2.13. The van der Waals surface area contributed by atoms with E-state index in [1.54, 1.807) is 25.1 Å². The quantitative estimate of drug-likeness (QED) is 0.524. The summed E-state index contributed by atoms with van der Waals surface area (Å²) < 4.78 is 6.04. The molecule has 1 aromatic heterocycles. The maximum atomic E-state index is 11.5. The summed E-state index contributed by atoms with van der Waals surface area (Å²) >= 11 is 0. The van der Waals surface area contributed by atoms with Gasteiger partial charge in [0.05, 0.1) is 18.5 Å². The van der Waals surface area contributed by atoms with Gasteiger partial charge < -0.3 is 10.5 Å². The molecule has 21 heavy (non-hydrogen) atoms. The van der Waals surface area contributed by atoms with Crippen LogP contribution in [0.3, 0.4) is 0 Å². The summed E-state index contributed by atoms with van der Waals surface area (Å²) in [5, 5.41) is 0.574. The van der Waals surface area contributed by atoms with Crippen LogP contribution in [0.1, 0.15) is 12.5 Å². The van der Waals surface area contributed by atoms with Crippen molar-refractivity contribution < 1.29 is 19.1 Å². The van der Waals surface area contributed by atoms with Gasteiger partial charge in [-0.3, -0.25) is 9.36 Å². The van der Waals surface area contributed by atoms with Crippen LogP contribution in [-0.4, -0.2) is 29.3 Å². The molecule has 0 spiro atoms. The summed E-state index contributed by atoms with van der Waals surface area (Å²) in [5.74, 6) is -0.361. The molecule has 1 aromatic carbocycles. The van der Waals surface area contributed by atoms with Gasteiger partial charge >= 0.3 is 12.0 Å². The topological polar surface area (TPSA) is 104 Å². The Morgan fingerprint density at radius 1 is 1.43 bits per heavy atom. The van der Waals surface area contributed by atoms with Gasteiger partial charge in [-0.2, -0.15) is 4.99 Å². The van der Waals surface area contributed by atoms with Crippen LogP contribution in [0.25, 0.3) is 10.9 Å². The number of amides is 1. The van der Waals surface area contributed by atoms with E-state index in [-0.39, 0.29) is 12.4 Å². The van der Waals surface area contributed by atoms with E-state index in [0.717, 1.165) is 0 Å². The molecule has 0 bridgehead atoms. The van der Waals surface area contributed by atoms with Gasteiger partial charge in [-0.25, -0.2) is 9.59 Å². The van der Waals surface area contributed by atoms with E-state index in [2.05, 4.69) is 4.99 Å². The highest BCUT2D eigenvalue weighted by Crippen LogP contribution is 2.29. The number of ether oxygens (including phenoxy) is 1. The van der Waals surface area contributed by atoms with Gasteiger partial charge in [0.25, 0.3) is 0 Å². The molecule has 1 heterocycles. The van der Waals surface area contributed by atoms with Crippen molar-refractivity contribution >= 4 is 34.7 Å². The zero-order chi connectivity index (χ0) is 15.4. The smallest absolute Gasteiger partial charge is 0.323 e. The van der Waals surface area contributed by atoms with Crippen molar-refractivity contribution in [3.05, 3.63) is 30.0 Å². The lowest BCUT2D eigenvalue weighted by Crippen LogP contribution is -2.18. The molecule has 0 atom stereocenters. The molecule has 0 aliphatic carbocycles. The average molecular weight is 287 g/mol. The minimum Gasteiger partial charge on any atom is -0.466 e. The molecule has 2 aromatic rings. The molecule has 1 amide bonds. The number of primary amides is 1. The lowest BCUT2D eigenvalue weighted by molar-refractivity contribution is -0.142. The Bertz CT molecular complexity index is 757. The Morgan fingerprint density at radius 3 is 2.81 bits per heavy atom. The lowest BCUT2D eigenvalue weighted by Gasteiger charge is -2.04. The van der Waals surface area contributed by atoms with Gasteiger partial charge in [-0.05, 0) is 18.6 Å². The molecule has 0 saturated carbocycles. The average Bonchev–Trinajstić information content (AvgIpc) is 2.78. The van der Waals surface area contributed by atoms with E-state index in [1.807, 2.05) is 0 Å². The third kappa shape index (κ3) is 2.98. The largest absolute Gasteiger partial charge is 0.466 e. The first kappa shape index (κ1) is 14.5. The van der Waals surface area contributed by atoms with Crippen molar-refractivity contribution in [3.63, 3.8) is 0 Å². The molecule has 7 heteroatoms. The number of esters is 1. The Labute approximate surface area is 120 Å². The highest BCUT2D eigenvalue weighted by molar-refractivity contribution is 5.99. The van der Waals surface area contributed by atoms with Gasteiger partial charge in [0.1, 0.15) is 5.69 Å². The normalized spacial score (nSPS) is 10.1. The Morgan fingerprint density at radius 2 is 2.19 bits per heavy atom. The third-order valence-corrected chi connectivity index (χ3v) is 2.91. The molecule has 7 nitrogen and oxygen atoms in total. The molecule has 0 aliphatic heterocycles. The summed E-state index contributed by atoms with van der Waals surface area (Å²) in [4.78, 5) is 36.8. The summed E-state index contributed by atoms with van der Waals surface area (Å²) in [6.45, 7) is 2.03. The summed E-state index contributed by atoms with van der Waals surface area (Å²) in [7, 11) is 0. The van der Waals surface area contributed by atoms with Crippen molar-refractivity contribution in [1.29, 1.82) is 0 Å². The fourth-order valence-corrected chi connectivity index (χ4v) is 2.06. The molecular weight excluding hydrogens is 274 g/mol. The van der Waals surface area contributed by atoms with E-state index in [1.165, 1.54) is 16.8 Å². The predicted octanol–water partition coefficient (Wildman–Crippen LogP) is 1.64. The van der Waals surface area contributed by atoms with Crippen LogP contribution < -0.4 is 5.73 Å². The van der Waals surface area contributed by atoms with Crippen molar-refractivity contribution in [3.8, 4) is 0 Å². The molecule has 2 N–H and O–H groups in total. The number of carbonyl (C=O) groups is 2. The number of hydrogen-bond donors (Lipinski definition) is 1. The lowest BCUT2D eigenvalue weighted by atomic mass is 10.1. The zero-order valence-corrected chi connectivity index (χ0v) is 11.3. The van der Waals surface area contributed by atoms with Gasteiger partial charge in [0.15, 0.2) is 0 Å². The van der Waals surface area contributed by atoms with Gasteiger partial charge in [0, 0.05) is 11.6 Å². The van der Waals surface area contributed by atoms with Crippen LogP contribution in [0.5, 0.6) is 0 Å². The maximum Gasteiger partial charge on any atom is 0.323 e.